The Kier molecular flexibility index (Phi) is 4.99. The third-order valence-electron chi connectivity index (χ3n) is 5.40. The minimum Gasteiger partial charge on any atom is -0.354 e. The SMILES string of the molecule is O=C(CCn1nnc2ccccc2c1=O)Nc1nc2ccccc2nc1N1CCCC1. The molecule has 1 aliphatic rings. The second-order valence-corrected chi connectivity index (χ2v) is 7.51. The second kappa shape index (κ2) is 8.10. The normalized spacial score (nSPS) is 13.7. The fourth-order valence-corrected chi connectivity index (χ4v) is 3.80. The van der Waals surface area contributed by atoms with E-state index in [2.05, 4.69) is 25.5 Å². The molecule has 2 aromatic carbocycles. The molecule has 0 unspecified atom stereocenters. The van der Waals surface area contributed by atoms with Crippen LogP contribution in [0.5, 0.6) is 0 Å². The molecular formula is C22H21N7O2. The van der Waals surface area contributed by atoms with Gasteiger partial charge in [-0.05, 0) is 37.1 Å². The maximum atomic E-state index is 12.7. The summed E-state index contributed by atoms with van der Waals surface area (Å²) in [7, 11) is 0. The van der Waals surface area contributed by atoms with Crippen molar-refractivity contribution in [3.8, 4) is 0 Å². The summed E-state index contributed by atoms with van der Waals surface area (Å²) in [6.45, 7) is 1.90. The Hall–Kier alpha value is -3.88. The average Bonchev–Trinajstić information content (AvgIpc) is 3.33. The molecule has 0 bridgehead atoms. The number of fused-ring (bicyclic) bond motifs is 2. The highest BCUT2D eigenvalue weighted by molar-refractivity contribution is 5.94. The van der Waals surface area contributed by atoms with Crippen LogP contribution in [-0.4, -0.2) is 44.0 Å². The van der Waals surface area contributed by atoms with Gasteiger partial charge in [-0.1, -0.05) is 29.5 Å². The molecule has 3 heterocycles. The topological polar surface area (TPSA) is 106 Å². The summed E-state index contributed by atoms with van der Waals surface area (Å²) in [5, 5.41) is 11.4. The van der Waals surface area contributed by atoms with Crippen molar-refractivity contribution < 1.29 is 4.79 Å². The van der Waals surface area contributed by atoms with E-state index < -0.39 is 0 Å². The molecule has 1 fully saturated rings. The zero-order valence-corrected chi connectivity index (χ0v) is 16.9. The van der Waals surface area contributed by atoms with Crippen LogP contribution in [0.25, 0.3) is 21.9 Å². The van der Waals surface area contributed by atoms with Crippen LogP contribution in [0.3, 0.4) is 0 Å². The molecule has 5 rings (SSSR count). The second-order valence-electron chi connectivity index (χ2n) is 7.51. The van der Waals surface area contributed by atoms with Gasteiger partial charge in [-0.15, -0.1) is 5.10 Å². The maximum Gasteiger partial charge on any atom is 0.277 e. The Labute approximate surface area is 177 Å². The number of hydrogen-bond donors (Lipinski definition) is 1. The summed E-state index contributed by atoms with van der Waals surface area (Å²) in [4.78, 5) is 36.8. The highest BCUT2D eigenvalue weighted by Crippen LogP contribution is 2.27. The number of hydrogen-bond acceptors (Lipinski definition) is 7. The average molecular weight is 415 g/mol. The van der Waals surface area contributed by atoms with Crippen LogP contribution in [0.1, 0.15) is 19.3 Å². The number of benzene rings is 2. The summed E-state index contributed by atoms with van der Waals surface area (Å²) < 4.78 is 1.22. The van der Waals surface area contributed by atoms with Crippen molar-refractivity contribution in [1.82, 2.24) is 25.0 Å². The summed E-state index contributed by atoms with van der Waals surface area (Å²) in [6.07, 6.45) is 2.25. The van der Waals surface area contributed by atoms with Gasteiger partial charge in [0, 0.05) is 19.5 Å². The number of carbonyl (C=O) groups is 1. The first-order valence-corrected chi connectivity index (χ1v) is 10.3. The van der Waals surface area contributed by atoms with Crippen molar-refractivity contribution in [2.24, 2.45) is 0 Å². The lowest BCUT2D eigenvalue weighted by atomic mass is 10.2. The number of amides is 1. The zero-order valence-electron chi connectivity index (χ0n) is 16.9. The molecule has 0 saturated carbocycles. The van der Waals surface area contributed by atoms with Gasteiger partial charge in [0.2, 0.25) is 5.91 Å². The molecule has 1 amide bonds. The fourth-order valence-electron chi connectivity index (χ4n) is 3.80. The highest BCUT2D eigenvalue weighted by atomic mass is 16.2. The molecule has 31 heavy (non-hydrogen) atoms. The van der Waals surface area contributed by atoms with E-state index in [1.807, 2.05) is 24.3 Å². The van der Waals surface area contributed by atoms with Gasteiger partial charge in [0.15, 0.2) is 11.6 Å². The standard InChI is InChI=1S/C22H21N7O2/c30-19(11-14-29-22(31)15-7-1-2-8-16(15)26-27-29)25-20-21(28-12-5-6-13-28)24-18-10-4-3-9-17(18)23-20/h1-4,7-10H,5-6,11-14H2,(H,23,25,30). The number of nitrogens with zero attached hydrogens (tertiary/aromatic N) is 6. The first-order valence-electron chi connectivity index (χ1n) is 10.3. The van der Waals surface area contributed by atoms with E-state index in [1.165, 1.54) is 4.68 Å². The Morgan fingerprint density at radius 3 is 2.39 bits per heavy atom. The van der Waals surface area contributed by atoms with Crippen molar-refractivity contribution in [1.29, 1.82) is 0 Å². The first kappa shape index (κ1) is 19.1. The van der Waals surface area contributed by atoms with E-state index in [1.54, 1.807) is 24.3 Å². The van der Waals surface area contributed by atoms with Crippen molar-refractivity contribution in [2.75, 3.05) is 23.3 Å². The third kappa shape index (κ3) is 3.81. The van der Waals surface area contributed by atoms with Crippen molar-refractivity contribution in [3.05, 3.63) is 58.9 Å². The molecule has 1 saturated heterocycles. The summed E-state index contributed by atoms with van der Waals surface area (Å²) in [5.41, 5.74) is 1.79. The number of para-hydroxylation sites is 2. The molecule has 0 radical (unpaired) electrons. The molecule has 0 atom stereocenters. The van der Waals surface area contributed by atoms with Crippen LogP contribution in [-0.2, 0) is 11.3 Å². The highest BCUT2D eigenvalue weighted by Gasteiger charge is 2.21. The van der Waals surface area contributed by atoms with Crippen LogP contribution in [0.2, 0.25) is 0 Å². The lowest BCUT2D eigenvalue weighted by Crippen LogP contribution is -2.27. The number of carbonyl (C=O) groups excluding carboxylic acids is 1. The van der Waals surface area contributed by atoms with E-state index in [0.29, 0.717) is 22.5 Å². The predicted molar refractivity (Wildman–Crippen MR) is 118 cm³/mol. The van der Waals surface area contributed by atoms with Gasteiger partial charge in [0.1, 0.15) is 5.52 Å². The van der Waals surface area contributed by atoms with E-state index in [-0.39, 0.29) is 24.4 Å². The molecule has 0 spiro atoms. The number of aromatic nitrogens is 5. The minimum atomic E-state index is -0.262. The van der Waals surface area contributed by atoms with Crippen LogP contribution in [0.15, 0.2) is 53.3 Å². The molecule has 2 aromatic heterocycles. The summed E-state index contributed by atoms with van der Waals surface area (Å²) in [5.74, 6) is 0.877. The van der Waals surface area contributed by atoms with E-state index in [9.17, 15) is 9.59 Å². The Morgan fingerprint density at radius 2 is 1.61 bits per heavy atom. The summed E-state index contributed by atoms with van der Waals surface area (Å²) >= 11 is 0. The number of nitrogens with one attached hydrogen (secondary N) is 1. The number of rotatable bonds is 5. The first-order chi connectivity index (χ1) is 15.2. The van der Waals surface area contributed by atoms with Gasteiger partial charge in [0.05, 0.1) is 23.0 Å². The maximum absolute atomic E-state index is 12.7. The smallest absolute Gasteiger partial charge is 0.277 e. The minimum absolute atomic E-state index is 0.0703. The van der Waals surface area contributed by atoms with Crippen LogP contribution in [0, 0.1) is 0 Å². The van der Waals surface area contributed by atoms with E-state index >= 15 is 0 Å². The van der Waals surface area contributed by atoms with Gasteiger partial charge >= 0.3 is 0 Å². The van der Waals surface area contributed by atoms with Crippen molar-refractivity contribution in [3.63, 3.8) is 0 Å². The Bertz CT molecular complexity index is 1330. The molecule has 9 heteroatoms. The Morgan fingerprint density at radius 1 is 0.935 bits per heavy atom. The third-order valence-corrected chi connectivity index (χ3v) is 5.40. The number of aryl methyl sites for hydroxylation is 1. The van der Waals surface area contributed by atoms with Crippen LogP contribution >= 0.6 is 0 Å². The van der Waals surface area contributed by atoms with Crippen molar-refractivity contribution >= 4 is 39.5 Å². The summed E-state index contributed by atoms with van der Waals surface area (Å²) in [6, 6.07) is 14.6. The quantitative estimate of drug-likeness (QED) is 0.533. The van der Waals surface area contributed by atoms with Gasteiger partial charge in [-0.25, -0.2) is 14.6 Å². The molecule has 1 aliphatic heterocycles. The number of anilines is 2. The predicted octanol–water partition coefficient (Wildman–Crippen LogP) is 2.36. The fraction of sp³-hybridized carbons (Fsp3) is 0.273. The van der Waals surface area contributed by atoms with Crippen molar-refractivity contribution in [2.45, 2.75) is 25.8 Å². The molecule has 156 valence electrons. The molecule has 4 aromatic rings. The van der Waals surface area contributed by atoms with E-state index in [4.69, 9.17) is 4.98 Å². The molecule has 0 aliphatic carbocycles. The van der Waals surface area contributed by atoms with Gasteiger partial charge in [-0.2, -0.15) is 0 Å². The van der Waals surface area contributed by atoms with Gasteiger partial charge in [-0.3, -0.25) is 9.59 Å². The lowest BCUT2D eigenvalue weighted by molar-refractivity contribution is -0.116. The molecule has 1 N–H and O–H groups in total. The lowest BCUT2D eigenvalue weighted by Gasteiger charge is -2.20. The Balaban J connectivity index is 1.37. The van der Waals surface area contributed by atoms with Crippen LogP contribution < -0.4 is 15.8 Å². The zero-order chi connectivity index (χ0) is 21.2. The molecular weight excluding hydrogens is 394 g/mol. The monoisotopic (exact) mass is 415 g/mol. The largest absolute Gasteiger partial charge is 0.354 e. The van der Waals surface area contributed by atoms with Crippen LogP contribution in [0.4, 0.5) is 11.6 Å². The van der Waals surface area contributed by atoms with Gasteiger partial charge < -0.3 is 10.2 Å². The van der Waals surface area contributed by atoms with Gasteiger partial charge in [0.25, 0.3) is 5.56 Å². The molecule has 9 nitrogen and oxygen atoms in total. The van der Waals surface area contributed by atoms with E-state index in [0.717, 1.165) is 37.0 Å².